The van der Waals surface area contributed by atoms with E-state index in [2.05, 4.69) is 12.2 Å². The molecule has 2 heteroatoms. The zero-order valence-corrected chi connectivity index (χ0v) is 7.60. The van der Waals surface area contributed by atoms with Crippen molar-refractivity contribution < 1.29 is 4.74 Å². The molecule has 1 saturated carbocycles. The third-order valence-corrected chi connectivity index (χ3v) is 2.19. The van der Waals surface area contributed by atoms with Crippen molar-refractivity contribution in [2.45, 2.75) is 32.7 Å². The van der Waals surface area contributed by atoms with Crippen molar-refractivity contribution >= 4 is 0 Å². The summed E-state index contributed by atoms with van der Waals surface area (Å²) in [6, 6.07) is 0.816. The first-order chi connectivity index (χ1) is 5.34. The molecule has 0 spiro atoms. The van der Waals surface area contributed by atoms with Gasteiger partial charge in [-0.05, 0) is 32.2 Å². The van der Waals surface area contributed by atoms with Crippen molar-refractivity contribution in [3.63, 3.8) is 0 Å². The normalized spacial score (nSPS) is 28.9. The Hall–Kier alpha value is -0.0800. The number of ether oxygens (including phenoxy) is 1. The van der Waals surface area contributed by atoms with E-state index in [9.17, 15) is 0 Å². The summed E-state index contributed by atoms with van der Waals surface area (Å²) >= 11 is 0. The second kappa shape index (κ2) is 4.73. The van der Waals surface area contributed by atoms with Gasteiger partial charge in [0.15, 0.2) is 0 Å². The van der Waals surface area contributed by atoms with Crippen molar-refractivity contribution in [1.29, 1.82) is 0 Å². The molecule has 2 unspecified atom stereocenters. The van der Waals surface area contributed by atoms with Crippen molar-refractivity contribution in [3.05, 3.63) is 0 Å². The van der Waals surface area contributed by atoms with Gasteiger partial charge in [0, 0.05) is 19.3 Å². The highest BCUT2D eigenvalue weighted by Gasteiger charge is 2.31. The van der Waals surface area contributed by atoms with Gasteiger partial charge >= 0.3 is 0 Å². The molecule has 11 heavy (non-hydrogen) atoms. The third-order valence-electron chi connectivity index (χ3n) is 2.19. The predicted molar refractivity (Wildman–Crippen MR) is 46.7 cm³/mol. The number of nitrogens with one attached hydrogen (secondary N) is 1. The van der Waals surface area contributed by atoms with Crippen LogP contribution in [0.15, 0.2) is 0 Å². The second-order valence-corrected chi connectivity index (χ2v) is 3.32. The lowest BCUT2D eigenvalue weighted by Gasteiger charge is -2.02. The highest BCUT2D eigenvalue weighted by atomic mass is 16.5. The van der Waals surface area contributed by atoms with Crippen LogP contribution in [0.5, 0.6) is 0 Å². The van der Waals surface area contributed by atoms with E-state index in [1.54, 1.807) is 0 Å². The maximum absolute atomic E-state index is 5.22. The topological polar surface area (TPSA) is 21.3 Å². The van der Waals surface area contributed by atoms with E-state index < -0.39 is 0 Å². The van der Waals surface area contributed by atoms with Crippen LogP contribution >= 0.6 is 0 Å². The van der Waals surface area contributed by atoms with Crippen LogP contribution in [-0.4, -0.2) is 25.8 Å². The Morgan fingerprint density at radius 2 is 2.27 bits per heavy atom. The van der Waals surface area contributed by atoms with Crippen LogP contribution in [0.1, 0.15) is 26.7 Å². The zero-order chi connectivity index (χ0) is 8.10. The van der Waals surface area contributed by atoms with Gasteiger partial charge in [0.25, 0.3) is 0 Å². The predicted octanol–water partition coefficient (Wildman–Crippen LogP) is 1.41. The minimum atomic E-state index is 0.816. The minimum Gasteiger partial charge on any atom is -0.382 e. The van der Waals surface area contributed by atoms with Gasteiger partial charge in [-0.3, -0.25) is 0 Å². The van der Waals surface area contributed by atoms with Crippen LogP contribution in [0.2, 0.25) is 0 Å². The molecule has 1 aliphatic rings. The highest BCUT2D eigenvalue weighted by molar-refractivity contribution is 4.89. The van der Waals surface area contributed by atoms with Gasteiger partial charge in [0.1, 0.15) is 0 Å². The van der Waals surface area contributed by atoms with Crippen LogP contribution in [0, 0.1) is 5.92 Å². The van der Waals surface area contributed by atoms with E-state index in [-0.39, 0.29) is 0 Å². The maximum atomic E-state index is 5.22. The molecule has 0 radical (unpaired) electrons. The summed E-state index contributed by atoms with van der Waals surface area (Å²) in [6.45, 7) is 7.20. The molecule has 1 aliphatic carbocycles. The summed E-state index contributed by atoms with van der Waals surface area (Å²) in [5.41, 5.74) is 0. The van der Waals surface area contributed by atoms with Crippen molar-refractivity contribution in [2.24, 2.45) is 5.92 Å². The fourth-order valence-corrected chi connectivity index (χ4v) is 1.21. The van der Waals surface area contributed by atoms with Crippen LogP contribution in [0.25, 0.3) is 0 Å². The largest absolute Gasteiger partial charge is 0.382 e. The molecule has 0 aromatic heterocycles. The molecule has 0 aromatic carbocycles. The van der Waals surface area contributed by atoms with E-state index in [1.165, 1.54) is 6.42 Å². The molecular formula is C9H19NO. The van der Waals surface area contributed by atoms with Crippen LogP contribution < -0.4 is 5.32 Å². The summed E-state index contributed by atoms with van der Waals surface area (Å²) in [5, 5.41) is 3.49. The molecule has 0 aliphatic heterocycles. The van der Waals surface area contributed by atoms with Crippen molar-refractivity contribution in [1.82, 2.24) is 5.32 Å². The van der Waals surface area contributed by atoms with Gasteiger partial charge in [-0.2, -0.15) is 0 Å². The highest BCUT2D eigenvalue weighted by Crippen LogP contribution is 2.28. The Bertz CT molecular complexity index is 106. The van der Waals surface area contributed by atoms with Crippen LogP contribution in [-0.2, 0) is 4.74 Å². The van der Waals surface area contributed by atoms with E-state index in [0.717, 1.165) is 38.1 Å². The fraction of sp³-hybridized carbons (Fsp3) is 1.00. The molecular weight excluding hydrogens is 138 g/mol. The van der Waals surface area contributed by atoms with Gasteiger partial charge < -0.3 is 10.1 Å². The van der Waals surface area contributed by atoms with E-state index in [1.807, 2.05) is 6.92 Å². The van der Waals surface area contributed by atoms with Gasteiger partial charge in [-0.1, -0.05) is 6.92 Å². The summed E-state index contributed by atoms with van der Waals surface area (Å²) in [4.78, 5) is 0. The quantitative estimate of drug-likeness (QED) is 0.589. The fourth-order valence-electron chi connectivity index (χ4n) is 1.21. The Balaban J connectivity index is 1.74. The number of hydrogen-bond donors (Lipinski definition) is 1. The molecule has 1 rings (SSSR count). The summed E-state index contributed by atoms with van der Waals surface area (Å²) < 4.78 is 5.22. The lowest BCUT2D eigenvalue weighted by atomic mass is 10.4. The first-order valence-electron chi connectivity index (χ1n) is 4.65. The van der Waals surface area contributed by atoms with E-state index in [4.69, 9.17) is 4.74 Å². The van der Waals surface area contributed by atoms with Gasteiger partial charge in [-0.25, -0.2) is 0 Å². The zero-order valence-electron chi connectivity index (χ0n) is 7.60. The molecule has 0 heterocycles. The van der Waals surface area contributed by atoms with E-state index >= 15 is 0 Å². The van der Waals surface area contributed by atoms with Gasteiger partial charge in [-0.15, -0.1) is 0 Å². The van der Waals surface area contributed by atoms with Crippen molar-refractivity contribution in [2.75, 3.05) is 19.8 Å². The lowest BCUT2D eigenvalue weighted by molar-refractivity contribution is 0.144. The van der Waals surface area contributed by atoms with Gasteiger partial charge in [0.05, 0.1) is 0 Å². The molecule has 1 N–H and O–H groups in total. The minimum absolute atomic E-state index is 0.816. The van der Waals surface area contributed by atoms with Crippen molar-refractivity contribution in [3.8, 4) is 0 Å². The smallest absolute Gasteiger partial charge is 0.0477 e. The first-order valence-corrected chi connectivity index (χ1v) is 4.65. The number of hydrogen-bond acceptors (Lipinski definition) is 2. The maximum Gasteiger partial charge on any atom is 0.0477 e. The summed E-state index contributed by atoms with van der Waals surface area (Å²) in [5.74, 6) is 0.919. The first kappa shape index (κ1) is 9.01. The molecule has 2 nitrogen and oxygen atoms in total. The average Bonchev–Trinajstić information content (AvgIpc) is 2.67. The Kier molecular flexibility index (Phi) is 3.87. The molecule has 0 bridgehead atoms. The molecule has 0 aromatic rings. The molecule has 1 fully saturated rings. The molecule has 0 saturated heterocycles. The number of rotatable bonds is 6. The monoisotopic (exact) mass is 157 g/mol. The van der Waals surface area contributed by atoms with Crippen LogP contribution in [0.3, 0.4) is 0 Å². The standard InChI is InChI=1S/C9H19NO/c1-3-11-6-4-5-10-9-7-8(9)2/h8-10H,3-7H2,1-2H3. The Morgan fingerprint density at radius 3 is 2.82 bits per heavy atom. The van der Waals surface area contributed by atoms with E-state index in [0.29, 0.717) is 0 Å². The second-order valence-electron chi connectivity index (χ2n) is 3.32. The molecule has 66 valence electrons. The van der Waals surface area contributed by atoms with Gasteiger partial charge in [0.2, 0.25) is 0 Å². The summed E-state index contributed by atoms with van der Waals surface area (Å²) in [6.07, 6.45) is 2.52. The average molecular weight is 157 g/mol. The summed E-state index contributed by atoms with van der Waals surface area (Å²) in [7, 11) is 0. The Labute approximate surface area is 69.3 Å². The Morgan fingerprint density at radius 1 is 1.55 bits per heavy atom. The lowest BCUT2D eigenvalue weighted by Crippen LogP contribution is -2.20. The third kappa shape index (κ3) is 3.73. The SMILES string of the molecule is CCOCCCNC1CC1C. The molecule has 2 atom stereocenters. The van der Waals surface area contributed by atoms with Crippen LogP contribution in [0.4, 0.5) is 0 Å². The molecule has 0 amide bonds.